The number of halogens is 1. The van der Waals surface area contributed by atoms with E-state index in [0.29, 0.717) is 21.8 Å². The van der Waals surface area contributed by atoms with Crippen LogP contribution in [0.3, 0.4) is 0 Å². The second-order valence-electron chi connectivity index (χ2n) is 6.77. The van der Waals surface area contributed by atoms with Crippen molar-refractivity contribution in [3.05, 3.63) is 82.6 Å². The highest BCUT2D eigenvalue weighted by atomic mass is 35.5. The quantitative estimate of drug-likeness (QED) is 0.492. The summed E-state index contributed by atoms with van der Waals surface area (Å²) in [5.41, 5.74) is 2.38. The highest BCUT2D eigenvalue weighted by molar-refractivity contribution is 7.91. The Kier molecular flexibility index (Phi) is 5.27. The molecule has 4 aromatic rings. The van der Waals surface area contributed by atoms with Gasteiger partial charge in [0, 0.05) is 23.2 Å². The molecule has 0 unspecified atom stereocenters. The lowest BCUT2D eigenvalue weighted by Gasteiger charge is -2.10. The van der Waals surface area contributed by atoms with Gasteiger partial charge in [-0.05, 0) is 54.4 Å². The highest BCUT2D eigenvalue weighted by Crippen LogP contribution is 2.26. The molecule has 2 aromatic heterocycles. The fourth-order valence-corrected chi connectivity index (χ4v) is 4.78. The predicted octanol–water partition coefficient (Wildman–Crippen LogP) is 3.68. The molecule has 0 atom stereocenters. The molecule has 0 aliphatic carbocycles. The molecule has 0 aliphatic rings. The summed E-state index contributed by atoms with van der Waals surface area (Å²) < 4.78 is 25.8. The van der Waals surface area contributed by atoms with Crippen molar-refractivity contribution < 1.29 is 13.2 Å². The molecule has 0 aliphatic heterocycles. The maximum absolute atomic E-state index is 12.9. The number of rotatable bonds is 5. The van der Waals surface area contributed by atoms with Gasteiger partial charge in [0.1, 0.15) is 0 Å². The molecule has 1 amide bonds. The summed E-state index contributed by atoms with van der Waals surface area (Å²) in [6, 6.07) is 12.8. The number of nitrogens with zero attached hydrogens (tertiary/aromatic N) is 2. The fraction of sp³-hybridized carbons (Fsp3) is 0.0952. The Morgan fingerprint density at radius 2 is 1.87 bits per heavy atom. The molecule has 152 valence electrons. The summed E-state index contributed by atoms with van der Waals surface area (Å²) >= 11 is 5.92. The van der Waals surface area contributed by atoms with Gasteiger partial charge in [0.05, 0.1) is 21.6 Å². The Labute approximate surface area is 178 Å². The zero-order valence-corrected chi connectivity index (χ0v) is 17.5. The second kappa shape index (κ2) is 7.89. The van der Waals surface area contributed by atoms with E-state index in [0.717, 1.165) is 10.9 Å². The van der Waals surface area contributed by atoms with Crippen LogP contribution in [0.15, 0.2) is 70.7 Å². The summed E-state index contributed by atoms with van der Waals surface area (Å²) in [4.78, 5) is 16.9. The van der Waals surface area contributed by atoms with E-state index in [9.17, 15) is 13.2 Å². The first-order valence-corrected chi connectivity index (χ1v) is 10.9. The molecule has 9 heteroatoms. The largest absolute Gasteiger partial charge is 0.348 e. The van der Waals surface area contributed by atoms with Gasteiger partial charge in [-0.15, -0.1) is 0 Å². The van der Waals surface area contributed by atoms with Crippen LogP contribution < -0.4 is 5.32 Å². The van der Waals surface area contributed by atoms with Gasteiger partial charge in [0.2, 0.25) is 9.84 Å². The molecular weight excluding hydrogens is 424 g/mol. The summed E-state index contributed by atoms with van der Waals surface area (Å²) in [5.74, 6) is -0.279. The lowest BCUT2D eigenvalue weighted by atomic mass is 10.2. The van der Waals surface area contributed by atoms with Gasteiger partial charge in [-0.3, -0.25) is 9.89 Å². The van der Waals surface area contributed by atoms with Crippen molar-refractivity contribution >= 4 is 38.4 Å². The fourth-order valence-electron chi connectivity index (χ4n) is 3.07. The first-order valence-electron chi connectivity index (χ1n) is 9.02. The normalized spacial score (nSPS) is 11.5. The van der Waals surface area contributed by atoms with Crippen LogP contribution in [0, 0.1) is 6.92 Å². The SMILES string of the molecule is Cc1cc(Cl)ccc1S(=O)(=O)c1ccc(CNC(=O)c2cnc3[nH]ncc3c2)cc1. The van der Waals surface area contributed by atoms with Crippen molar-refractivity contribution in [3.63, 3.8) is 0 Å². The maximum atomic E-state index is 12.9. The average molecular weight is 441 g/mol. The summed E-state index contributed by atoms with van der Waals surface area (Å²) in [6.45, 7) is 1.96. The third kappa shape index (κ3) is 3.92. The van der Waals surface area contributed by atoms with Crippen LogP contribution in [-0.2, 0) is 16.4 Å². The summed E-state index contributed by atoms with van der Waals surface area (Å²) in [5, 5.41) is 10.6. The lowest BCUT2D eigenvalue weighted by molar-refractivity contribution is 0.0950. The van der Waals surface area contributed by atoms with Crippen LogP contribution in [0.2, 0.25) is 5.02 Å². The molecule has 0 radical (unpaired) electrons. The topological polar surface area (TPSA) is 105 Å². The van der Waals surface area contributed by atoms with Crippen LogP contribution >= 0.6 is 11.6 Å². The van der Waals surface area contributed by atoms with Crippen molar-refractivity contribution in [2.75, 3.05) is 0 Å². The molecule has 0 saturated heterocycles. The number of fused-ring (bicyclic) bond motifs is 1. The van der Waals surface area contributed by atoms with E-state index in [1.165, 1.54) is 24.4 Å². The van der Waals surface area contributed by atoms with Crippen molar-refractivity contribution in [1.29, 1.82) is 0 Å². The molecule has 0 saturated carbocycles. The van der Waals surface area contributed by atoms with Crippen molar-refractivity contribution in [2.45, 2.75) is 23.3 Å². The predicted molar refractivity (Wildman–Crippen MR) is 113 cm³/mol. The second-order valence-corrected chi connectivity index (χ2v) is 9.13. The first-order chi connectivity index (χ1) is 14.3. The zero-order chi connectivity index (χ0) is 21.3. The standard InChI is InChI=1S/C21H17ClN4O3S/c1-13-8-17(22)4-7-19(13)30(28,29)18-5-2-14(3-6-18)10-24-21(27)16-9-15-12-25-26-20(15)23-11-16/h2-9,11-12H,10H2,1H3,(H,24,27)(H,23,25,26). The highest BCUT2D eigenvalue weighted by Gasteiger charge is 2.20. The molecule has 2 N–H and O–H groups in total. The molecular formula is C21H17ClN4O3S. The van der Waals surface area contributed by atoms with E-state index in [1.54, 1.807) is 43.5 Å². The number of carbonyl (C=O) groups excluding carboxylic acids is 1. The Balaban J connectivity index is 1.47. The van der Waals surface area contributed by atoms with Crippen LogP contribution in [-0.4, -0.2) is 29.5 Å². The molecule has 7 nitrogen and oxygen atoms in total. The Bertz CT molecular complexity index is 1350. The Morgan fingerprint density at radius 3 is 2.60 bits per heavy atom. The Morgan fingerprint density at radius 1 is 1.10 bits per heavy atom. The molecule has 30 heavy (non-hydrogen) atoms. The van der Waals surface area contributed by atoms with E-state index < -0.39 is 9.84 Å². The minimum Gasteiger partial charge on any atom is -0.348 e. The van der Waals surface area contributed by atoms with Crippen LogP contribution in [0.1, 0.15) is 21.5 Å². The monoisotopic (exact) mass is 440 g/mol. The maximum Gasteiger partial charge on any atom is 0.253 e. The van der Waals surface area contributed by atoms with E-state index in [-0.39, 0.29) is 22.2 Å². The van der Waals surface area contributed by atoms with Crippen molar-refractivity contribution in [3.8, 4) is 0 Å². The van der Waals surface area contributed by atoms with Gasteiger partial charge in [0.25, 0.3) is 5.91 Å². The number of amides is 1. The van der Waals surface area contributed by atoms with Gasteiger partial charge in [0.15, 0.2) is 5.65 Å². The van der Waals surface area contributed by atoms with E-state index in [2.05, 4.69) is 20.5 Å². The zero-order valence-electron chi connectivity index (χ0n) is 15.9. The summed E-state index contributed by atoms with van der Waals surface area (Å²) in [6.07, 6.45) is 3.07. The number of sulfone groups is 1. The average Bonchev–Trinajstić information content (AvgIpc) is 3.20. The van der Waals surface area contributed by atoms with Gasteiger partial charge >= 0.3 is 0 Å². The van der Waals surface area contributed by atoms with Gasteiger partial charge in [-0.25, -0.2) is 13.4 Å². The number of benzene rings is 2. The van der Waals surface area contributed by atoms with Gasteiger partial charge in [-0.1, -0.05) is 23.7 Å². The minimum atomic E-state index is -3.66. The number of aromatic nitrogens is 3. The number of hydrogen-bond donors (Lipinski definition) is 2. The molecule has 0 fully saturated rings. The van der Waals surface area contributed by atoms with Gasteiger partial charge in [-0.2, -0.15) is 5.10 Å². The first kappa shape index (κ1) is 20.1. The molecule has 4 rings (SSSR count). The van der Waals surface area contributed by atoms with Crippen LogP contribution in [0.4, 0.5) is 0 Å². The lowest BCUT2D eigenvalue weighted by Crippen LogP contribution is -2.22. The van der Waals surface area contributed by atoms with E-state index in [1.807, 2.05) is 0 Å². The number of aromatic amines is 1. The van der Waals surface area contributed by atoms with Crippen molar-refractivity contribution in [2.24, 2.45) is 0 Å². The van der Waals surface area contributed by atoms with Crippen LogP contribution in [0.5, 0.6) is 0 Å². The van der Waals surface area contributed by atoms with Crippen LogP contribution in [0.25, 0.3) is 11.0 Å². The van der Waals surface area contributed by atoms with E-state index >= 15 is 0 Å². The molecule has 2 aromatic carbocycles. The number of carbonyl (C=O) groups is 1. The number of pyridine rings is 1. The molecule has 0 bridgehead atoms. The summed E-state index contributed by atoms with van der Waals surface area (Å²) in [7, 11) is -3.66. The van der Waals surface area contributed by atoms with Crippen molar-refractivity contribution in [1.82, 2.24) is 20.5 Å². The van der Waals surface area contributed by atoms with E-state index in [4.69, 9.17) is 11.6 Å². The number of aryl methyl sites for hydroxylation is 1. The minimum absolute atomic E-state index is 0.178. The number of hydrogen-bond acceptors (Lipinski definition) is 5. The third-order valence-corrected chi connectivity index (χ3v) is 6.83. The molecule has 2 heterocycles. The third-order valence-electron chi connectivity index (χ3n) is 4.67. The molecule has 0 spiro atoms. The smallest absolute Gasteiger partial charge is 0.253 e. The number of H-pyrrole nitrogens is 1. The van der Waals surface area contributed by atoms with Gasteiger partial charge < -0.3 is 5.32 Å². The number of nitrogens with one attached hydrogen (secondary N) is 2. The Hall–Kier alpha value is -3.23.